The molecule has 35 heavy (non-hydrogen) atoms. The summed E-state index contributed by atoms with van der Waals surface area (Å²) in [7, 11) is 0. The van der Waals surface area contributed by atoms with Crippen LogP contribution in [0.15, 0.2) is 57.1 Å². The van der Waals surface area contributed by atoms with Crippen LogP contribution >= 0.6 is 11.8 Å². The summed E-state index contributed by atoms with van der Waals surface area (Å²) in [5.41, 5.74) is 12.4. The molecular weight excluding hydrogens is 462 g/mol. The fourth-order valence-electron chi connectivity index (χ4n) is 3.73. The summed E-state index contributed by atoms with van der Waals surface area (Å²) in [6.07, 6.45) is 3.34. The maximum atomic E-state index is 11.6. The number of aromatic nitrogens is 2. The standard InChI is InChI=1S/C25H35N7O2S/c1-5-23(33)28-18-6-8-19(9-7-18)35-24-30-21(29-20(27)14-17(4)26)15-22(31-24)32-12-10-25(34,11-13-32)16(2)3/h6-9,14-16,34H,5,10-13,26H2,1-4H3,(H,28,33)(H2,27,29,30,31)/b17-14-. The molecular formula is C25H35N7O2S. The lowest BCUT2D eigenvalue weighted by molar-refractivity contribution is -0.115. The van der Waals surface area contributed by atoms with Crippen molar-refractivity contribution in [1.29, 1.82) is 0 Å². The summed E-state index contributed by atoms with van der Waals surface area (Å²) >= 11 is 1.40. The second-order valence-corrected chi connectivity index (χ2v) is 10.1. The van der Waals surface area contributed by atoms with E-state index in [2.05, 4.69) is 34.0 Å². The highest BCUT2D eigenvalue weighted by atomic mass is 32.2. The minimum absolute atomic E-state index is 0.0332. The van der Waals surface area contributed by atoms with E-state index < -0.39 is 5.60 Å². The molecule has 1 fully saturated rings. The fraction of sp³-hybridized carbons (Fsp3) is 0.440. The molecule has 1 saturated heterocycles. The Labute approximate surface area is 211 Å². The van der Waals surface area contributed by atoms with Crippen molar-refractivity contribution in [2.45, 2.75) is 62.6 Å². The second kappa shape index (κ2) is 11.5. The smallest absolute Gasteiger partial charge is 0.224 e. The van der Waals surface area contributed by atoms with Gasteiger partial charge in [0.2, 0.25) is 5.91 Å². The number of aliphatic hydroxyl groups is 1. The molecule has 188 valence electrons. The van der Waals surface area contributed by atoms with Gasteiger partial charge < -0.3 is 26.8 Å². The van der Waals surface area contributed by atoms with E-state index in [-0.39, 0.29) is 17.7 Å². The number of rotatable bonds is 8. The summed E-state index contributed by atoms with van der Waals surface area (Å²) < 4.78 is 0. The Morgan fingerprint density at radius 1 is 1.26 bits per heavy atom. The summed E-state index contributed by atoms with van der Waals surface area (Å²) in [6, 6.07) is 9.33. The number of anilines is 2. The molecule has 1 aliphatic rings. The molecule has 0 aliphatic carbocycles. The predicted octanol–water partition coefficient (Wildman–Crippen LogP) is 3.81. The highest BCUT2D eigenvalue weighted by molar-refractivity contribution is 7.99. The number of hydrogen-bond donors (Lipinski definition) is 4. The van der Waals surface area contributed by atoms with Crippen LogP contribution in [0.3, 0.4) is 0 Å². The molecule has 6 N–H and O–H groups in total. The van der Waals surface area contributed by atoms with Crippen LogP contribution in [0.5, 0.6) is 0 Å². The van der Waals surface area contributed by atoms with Crippen molar-refractivity contribution in [2.75, 3.05) is 23.3 Å². The van der Waals surface area contributed by atoms with E-state index in [1.807, 2.05) is 31.2 Å². The van der Waals surface area contributed by atoms with Crippen LogP contribution in [-0.2, 0) is 4.79 Å². The fourth-order valence-corrected chi connectivity index (χ4v) is 4.49. The molecule has 2 aromatic rings. The third kappa shape index (κ3) is 7.43. The van der Waals surface area contributed by atoms with Gasteiger partial charge in [0, 0.05) is 41.9 Å². The number of hydrogen-bond acceptors (Lipinski definition) is 8. The van der Waals surface area contributed by atoms with Gasteiger partial charge in [0.25, 0.3) is 0 Å². The predicted molar refractivity (Wildman–Crippen MR) is 142 cm³/mol. The quantitative estimate of drug-likeness (QED) is 0.245. The number of nitrogens with zero attached hydrogens (tertiary/aromatic N) is 4. The Bertz CT molecular complexity index is 1090. The van der Waals surface area contributed by atoms with Crippen molar-refractivity contribution in [3.8, 4) is 0 Å². The lowest BCUT2D eigenvalue weighted by atomic mass is 9.81. The van der Waals surface area contributed by atoms with E-state index >= 15 is 0 Å². The molecule has 0 unspecified atom stereocenters. The van der Waals surface area contributed by atoms with Gasteiger partial charge in [-0.15, -0.1) is 0 Å². The average Bonchev–Trinajstić information content (AvgIpc) is 2.80. The molecule has 0 atom stereocenters. The lowest BCUT2D eigenvalue weighted by Gasteiger charge is -2.41. The zero-order chi connectivity index (χ0) is 25.6. The van der Waals surface area contributed by atoms with E-state index in [1.54, 1.807) is 19.1 Å². The molecule has 0 saturated carbocycles. The largest absolute Gasteiger partial charge is 0.402 e. The van der Waals surface area contributed by atoms with Crippen molar-refractivity contribution in [1.82, 2.24) is 9.97 Å². The van der Waals surface area contributed by atoms with Crippen molar-refractivity contribution in [3.05, 3.63) is 42.1 Å². The molecule has 1 amide bonds. The van der Waals surface area contributed by atoms with Gasteiger partial charge in [-0.2, -0.15) is 0 Å². The van der Waals surface area contributed by atoms with Crippen molar-refractivity contribution >= 4 is 40.8 Å². The van der Waals surface area contributed by atoms with E-state index in [9.17, 15) is 9.90 Å². The molecule has 1 aromatic heterocycles. The first-order valence-electron chi connectivity index (χ1n) is 11.8. The lowest BCUT2D eigenvalue weighted by Crippen LogP contribution is -2.47. The Balaban J connectivity index is 1.87. The van der Waals surface area contributed by atoms with E-state index in [0.717, 1.165) is 16.4 Å². The topological polar surface area (TPSA) is 143 Å². The number of nitrogens with two attached hydrogens (primary N) is 2. The van der Waals surface area contributed by atoms with Gasteiger partial charge in [0.1, 0.15) is 11.7 Å². The van der Waals surface area contributed by atoms with Crippen LogP contribution in [0.25, 0.3) is 0 Å². The van der Waals surface area contributed by atoms with Gasteiger partial charge in [0.15, 0.2) is 11.0 Å². The van der Waals surface area contributed by atoms with Crippen molar-refractivity contribution in [2.24, 2.45) is 22.4 Å². The second-order valence-electron chi connectivity index (χ2n) is 9.07. The Hall–Kier alpha value is -3.11. The van der Waals surface area contributed by atoms with E-state index in [0.29, 0.717) is 49.0 Å². The van der Waals surface area contributed by atoms with Crippen molar-refractivity contribution < 1.29 is 9.90 Å². The number of carbonyl (C=O) groups excluding carboxylic acids is 1. The van der Waals surface area contributed by atoms with Gasteiger partial charge in [-0.1, -0.05) is 20.8 Å². The van der Waals surface area contributed by atoms with Gasteiger partial charge in [-0.25, -0.2) is 15.0 Å². The zero-order valence-corrected chi connectivity index (χ0v) is 21.6. The van der Waals surface area contributed by atoms with Crippen LogP contribution in [0.2, 0.25) is 0 Å². The van der Waals surface area contributed by atoms with Crippen LogP contribution < -0.4 is 21.7 Å². The normalized spacial score (nSPS) is 16.5. The SMILES string of the molecule is CCC(=O)Nc1ccc(Sc2nc(/N=C(N)/C=C(/C)N)cc(N3CCC(O)(C(C)C)CC3)n2)cc1. The zero-order valence-electron chi connectivity index (χ0n) is 20.8. The number of carbonyl (C=O) groups is 1. The van der Waals surface area contributed by atoms with Crippen LogP contribution in [0.1, 0.15) is 47.0 Å². The number of piperidine rings is 1. The highest BCUT2D eigenvalue weighted by Crippen LogP contribution is 2.34. The number of nitrogens with one attached hydrogen (secondary N) is 1. The summed E-state index contributed by atoms with van der Waals surface area (Å²) in [5, 5.41) is 14.2. The minimum atomic E-state index is -0.662. The average molecular weight is 498 g/mol. The Morgan fingerprint density at radius 3 is 2.49 bits per heavy atom. The Morgan fingerprint density at radius 2 is 1.91 bits per heavy atom. The summed E-state index contributed by atoms with van der Waals surface area (Å²) in [6.45, 7) is 9.02. The van der Waals surface area contributed by atoms with E-state index in [1.165, 1.54) is 11.8 Å². The van der Waals surface area contributed by atoms with Gasteiger partial charge in [-0.05, 0) is 67.8 Å². The van der Waals surface area contributed by atoms with Crippen LogP contribution in [0.4, 0.5) is 17.3 Å². The molecule has 0 bridgehead atoms. The summed E-state index contributed by atoms with van der Waals surface area (Å²) in [4.78, 5) is 28.5. The Kier molecular flexibility index (Phi) is 8.74. The third-order valence-corrected chi connectivity index (χ3v) is 6.87. The van der Waals surface area contributed by atoms with Gasteiger partial charge in [0.05, 0.1) is 5.60 Å². The number of allylic oxidation sites excluding steroid dienone is 1. The number of amides is 1. The monoisotopic (exact) mass is 497 g/mol. The molecule has 1 aromatic carbocycles. The van der Waals surface area contributed by atoms with Gasteiger partial charge in [-0.3, -0.25) is 4.79 Å². The number of aliphatic imine (C=N–C) groups is 1. The first-order chi connectivity index (χ1) is 16.6. The summed E-state index contributed by atoms with van der Waals surface area (Å²) in [5.74, 6) is 1.59. The molecule has 0 radical (unpaired) electrons. The van der Waals surface area contributed by atoms with Crippen molar-refractivity contribution in [3.63, 3.8) is 0 Å². The molecule has 10 heteroatoms. The molecule has 2 heterocycles. The van der Waals surface area contributed by atoms with E-state index in [4.69, 9.17) is 16.5 Å². The highest BCUT2D eigenvalue weighted by Gasteiger charge is 2.35. The van der Waals surface area contributed by atoms with Crippen LogP contribution in [0, 0.1) is 5.92 Å². The first kappa shape index (κ1) is 26.5. The molecule has 0 spiro atoms. The number of amidine groups is 1. The molecule has 1 aliphatic heterocycles. The third-order valence-electron chi connectivity index (χ3n) is 5.99. The van der Waals surface area contributed by atoms with Crippen LogP contribution in [-0.4, -0.2) is 45.5 Å². The number of benzene rings is 1. The maximum Gasteiger partial charge on any atom is 0.224 e. The molecule has 3 rings (SSSR count). The molecule has 9 nitrogen and oxygen atoms in total. The first-order valence-corrected chi connectivity index (χ1v) is 12.6. The maximum absolute atomic E-state index is 11.6. The van der Waals surface area contributed by atoms with Gasteiger partial charge >= 0.3 is 0 Å². The minimum Gasteiger partial charge on any atom is -0.402 e.